The van der Waals surface area contributed by atoms with Crippen LogP contribution in [0.15, 0.2) is 18.2 Å². The molecule has 0 aromatic heterocycles. The number of carboxylic acids is 1. The Balaban J connectivity index is 3.01. The molecule has 0 saturated carbocycles. The van der Waals surface area contributed by atoms with Crippen molar-refractivity contribution in [3.05, 3.63) is 34.3 Å². The molecular formula is C11H11ClF2O2. The highest BCUT2D eigenvalue weighted by atomic mass is 35.5. The summed E-state index contributed by atoms with van der Waals surface area (Å²) in [6, 6.07) is 4.49. The number of hydrogen-bond donors (Lipinski definition) is 1. The minimum Gasteiger partial charge on any atom is -0.481 e. The van der Waals surface area contributed by atoms with Crippen LogP contribution in [0.2, 0.25) is 5.02 Å². The molecule has 16 heavy (non-hydrogen) atoms. The van der Waals surface area contributed by atoms with Gasteiger partial charge in [-0.3, -0.25) is 4.79 Å². The van der Waals surface area contributed by atoms with Crippen molar-refractivity contribution in [3.63, 3.8) is 0 Å². The molecule has 1 rings (SSSR count). The lowest BCUT2D eigenvalue weighted by atomic mass is 9.95. The van der Waals surface area contributed by atoms with Crippen molar-refractivity contribution in [2.75, 3.05) is 0 Å². The zero-order valence-electron chi connectivity index (χ0n) is 8.58. The van der Waals surface area contributed by atoms with Crippen LogP contribution >= 0.6 is 11.6 Å². The second-order valence-corrected chi connectivity index (χ2v) is 3.95. The fraction of sp³-hybridized carbons (Fsp3) is 0.364. The molecule has 88 valence electrons. The number of aliphatic carboxylic acids is 1. The monoisotopic (exact) mass is 248 g/mol. The molecule has 1 N–H and O–H groups in total. The van der Waals surface area contributed by atoms with Gasteiger partial charge in [-0.15, -0.1) is 0 Å². The first-order valence-corrected chi connectivity index (χ1v) is 5.05. The topological polar surface area (TPSA) is 37.3 Å². The highest BCUT2D eigenvalue weighted by Crippen LogP contribution is 2.29. The summed E-state index contributed by atoms with van der Waals surface area (Å²) in [6.07, 6.45) is -3.31. The van der Waals surface area contributed by atoms with Gasteiger partial charge in [-0.2, -0.15) is 0 Å². The summed E-state index contributed by atoms with van der Waals surface area (Å²) in [7, 11) is 0. The van der Waals surface area contributed by atoms with Gasteiger partial charge in [0, 0.05) is 5.02 Å². The van der Waals surface area contributed by atoms with E-state index >= 15 is 0 Å². The lowest BCUT2D eigenvalue weighted by molar-refractivity contribution is -0.138. The largest absolute Gasteiger partial charge is 0.481 e. The van der Waals surface area contributed by atoms with Crippen LogP contribution in [0.5, 0.6) is 0 Å². The molecule has 1 atom stereocenters. The fourth-order valence-corrected chi connectivity index (χ4v) is 1.57. The maximum atomic E-state index is 12.7. The quantitative estimate of drug-likeness (QED) is 0.886. The normalized spacial score (nSPS) is 12.8. The van der Waals surface area contributed by atoms with Gasteiger partial charge in [0.15, 0.2) is 0 Å². The Labute approximate surface area is 96.8 Å². The Hall–Kier alpha value is -1.16. The van der Waals surface area contributed by atoms with Gasteiger partial charge < -0.3 is 5.11 Å². The number of benzene rings is 1. The van der Waals surface area contributed by atoms with Gasteiger partial charge in [-0.25, -0.2) is 8.78 Å². The van der Waals surface area contributed by atoms with Crippen molar-refractivity contribution in [3.8, 4) is 0 Å². The minimum atomic E-state index is -2.71. The van der Waals surface area contributed by atoms with E-state index in [0.29, 0.717) is 5.02 Å². The average Bonchev–Trinajstić information content (AvgIpc) is 2.18. The molecule has 1 aromatic carbocycles. The van der Waals surface area contributed by atoms with E-state index in [1.54, 1.807) is 13.0 Å². The first-order chi connectivity index (χ1) is 7.41. The fourth-order valence-electron chi connectivity index (χ4n) is 1.38. The first kappa shape index (κ1) is 12.9. The number of carboxylic acid groups (broad SMARTS) is 1. The second kappa shape index (κ2) is 5.25. The van der Waals surface area contributed by atoms with E-state index in [1.807, 2.05) is 0 Å². The number of alkyl halides is 2. The molecule has 0 aliphatic heterocycles. The van der Waals surface area contributed by atoms with E-state index in [9.17, 15) is 13.6 Å². The Morgan fingerprint density at radius 1 is 1.50 bits per heavy atom. The average molecular weight is 249 g/mol. The molecule has 0 saturated heterocycles. The van der Waals surface area contributed by atoms with Crippen LogP contribution in [-0.2, 0) is 4.79 Å². The molecule has 5 heteroatoms. The lowest BCUT2D eigenvalue weighted by Gasteiger charge is -2.15. The molecule has 0 fully saturated rings. The summed E-state index contributed by atoms with van der Waals surface area (Å²) in [6.45, 7) is 1.75. The molecule has 0 spiro atoms. The number of aryl methyl sites for hydroxylation is 1. The Morgan fingerprint density at radius 3 is 2.56 bits per heavy atom. The van der Waals surface area contributed by atoms with Crippen molar-refractivity contribution in [1.29, 1.82) is 0 Å². The second-order valence-electron chi connectivity index (χ2n) is 3.55. The van der Waals surface area contributed by atoms with E-state index in [2.05, 4.69) is 0 Å². The third-order valence-corrected chi connectivity index (χ3v) is 2.73. The molecular weight excluding hydrogens is 238 g/mol. The molecule has 2 nitrogen and oxygen atoms in total. The first-order valence-electron chi connectivity index (χ1n) is 4.67. The molecule has 0 aliphatic rings. The summed E-state index contributed by atoms with van der Waals surface area (Å²) < 4.78 is 25.3. The zero-order valence-corrected chi connectivity index (χ0v) is 9.34. The van der Waals surface area contributed by atoms with Crippen LogP contribution < -0.4 is 0 Å². The van der Waals surface area contributed by atoms with Gasteiger partial charge in [0.05, 0.1) is 12.3 Å². The third-order valence-electron chi connectivity index (χ3n) is 2.32. The van der Waals surface area contributed by atoms with Crippen molar-refractivity contribution in [2.24, 2.45) is 0 Å². The molecule has 0 amide bonds. The molecule has 1 unspecified atom stereocenters. The molecule has 1 aromatic rings. The summed E-state index contributed by atoms with van der Waals surface area (Å²) in [5, 5.41) is 8.92. The predicted molar refractivity (Wildman–Crippen MR) is 57.2 cm³/mol. The van der Waals surface area contributed by atoms with Gasteiger partial charge in [-0.05, 0) is 24.1 Å². The standard InChI is InChI=1S/C11H11ClF2O2/c1-6-2-3-7(4-9(6)12)8(11(13)14)5-10(15)16/h2-4,8,11H,5H2,1H3,(H,15,16). The van der Waals surface area contributed by atoms with Crippen molar-refractivity contribution in [1.82, 2.24) is 0 Å². The Kier molecular flexibility index (Phi) is 4.24. The lowest BCUT2D eigenvalue weighted by Crippen LogP contribution is -2.14. The van der Waals surface area contributed by atoms with Gasteiger partial charge in [0.25, 0.3) is 0 Å². The van der Waals surface area contributed by atoms with Crippen LogP contribution in [0.4, 0.5) is 8.78 Å². The van der Waals surface area contributed by atoms with Gasteiger partial charge >= 0.3 is 5.97 Å². The number of halogens is 3. The number of carbonyl (C=O) groups is 1. The Bertz CT molecular complexity index is 394. The smallest absolute Gasteiger partial charge is 0.304 e. The number of rotatable bonds is 4. The van der Waals surface area contributed by atoms with Crippen LogP contribution in [0.1, 0.15) is 23.5 Å². The van der Waals surface area contributed by atoms with Crippen molar-refractivity contribution in [2.45, 2.75) is 25.7 Å². The van der Waals surface area contributed by atoms with Crippen molar-refractivity contribution < 1.29 is 18.7 Å². The molecule has 0 heterocycles. The summed E-state index contributed by atoms with van der Waals surface area (Å²) in [5.74, 6) is -2.56. The van der Waals surface area contributed by atoms with Crippen LogP contribution in [0.25, 0.3) is 0 Å². The van der Waals surface area contributed by atoms with Gasteiger partial charge in [0.1, 0.15) is 0 Å². The van der Waals surface area contributed by atoms with Crippen LogP contribution in [0.3, 0.4) is 0 Å². The predicted octanol–water partition coefficient (Wildman–Crippen LogP) is 3.47. The van der Waals surface area contributed by atoms with E-state index < -0.39 is 24.7 Å². The molecule has 0 aliphatic carbocycles. The van der Waals surface area contributed by atoms with Gasteiger partial charge in [0.2, 0.25) is 6.43 Å². The zero-order chi connectivity index (χ0) is 12.3. The van der Waals surface area contributed by atoms with Crippen LogP contribution in [0, 0.1) is 6.92 Å². The summed E-state index contributed by atoms with van der Waals surface area (Å²) in [5.41, 5.74) is 1.03. The van der Waals surface area contributed by atoms with E-state index in [0.717, 1.165) is 5.56 Å². The maximum Gasteiger partial charge on any atom is 0.304 e. The summed E-state index contributed by atoms with van der Waals surface area (Å²) in [4.78, 5) is 10.5. The Morgan fingerprint density at radius 2 is 2.12 bits per heavy atom. The number of hydrogen-bond acceptors (Lipinski definition) is 1. The van der Waals surface area contributed by atoms with E-state index in [4.69, 9.17) is 16.7 Å². The van der Waals surface area contributed by atoms with Gasteiger partial charge in [-0.1, -0.05) is 23.7 Å². The molecule has 0 bridgehead atoms. The maximum absolute atomic E-state index is 12.7. The van der Waals surface area contributed by atoms with E-state index in [1.165, 1.54) is 12.1 Å². The van der Waals surface area contributed by atoms with Crippen LogP contribution in [-0.4, -0.2) is 17.5 Å². The SMILES string of the molecule is Cc1ccc(C(CC(=O)O)C(F)F)cc1Cl. The molecule has 0 radical (unpaired) electrons. The van der Waals surface area contributed by atoms with E-state index in [-0.39, 0.29) is 5.56 Å². The van der Waals surface area contributed by atoms with Crippen molar-refractivity contribution >= 4 is 17.6 Å². The third kappa shape index (κ3) is 3.17. The highest BCUT2D eigenvalue weighted by Gasteiger charge is 2.25. The minimum absolute atomic E-state index is 0.257. The summed E-state index contributed by atoms with van der Waals surface area (Å²) >= 11 is 5.81. The highest BCUT2D eigenvalue weighted by molar-refractivity contribution is 6.31.